The van der Waals surface area contributed by atoms with Crippen molar-refractivity contribution in [1.82, 2.24) is 4.90 Å². The maximum absolute atomic E-state index is 10.8. The van der Waals surface area contributed by atoms with Crippen LogP contribution >= 0.6 is 0 Å². The van der Waals surface area contributed by atoms with Crippen LogP contribution in [0.25, 0.3) is 0 Å². The van der Waals surface area contributed by atoms with Gasteiger partial charge in [0.1, 0.15) is 0 Å². The zero-order valence-electron chi connectivity index (χ0n) is 7.00. The largest absolute Gasteiger partial charge is 0.453 e. The molecular formula is C7H12N2O2. The van der Waals surface area contributed by atoms with Crippen molar-refractivity contribution in [3.63, 3.8) is 0 Å². The number of carbonyl (C=O) groups is 1. The lowest BCUT2D eigenvalue weighted by Crippen LogP contribution is -2.34. The number of ether oxygens (including phenoxy) is 1. The normalized spacial score (nSPS) is 11.5. The molecule has 0 saturated carbocycles. The van der Waals surface area contributed by atoms with Gasteiger partial charge in [-0.3, -0.25) is 0 Å². The fourth-order valence-electron chi connectivity index (χ4n) is 0.593. The van der Waals surface area contributed by atoms with Crippen LogP contribution in [-0.4, -0.2) is 31.2 Å². The summed E-state index contributed by atoms with van der Waals surface area (Å²) >= 11 is 0. The monoisotopic (exact) mass is 156 g/mol. The van der Waals surface area contributed by atoms with E-state index in [9.17, 15) is 4.79 Å². The van der Waals surface area contributed by atoms with Crippen LogP contribution in [0, 0.1) is 11.3 Å². The highest BCUT2D eigenvalue weighted by molar-refractivity contribution is 5.67. The first-order valence-electron chi connectivity index (χ1n) is 3.31. The number of rotatable bonds is 2. The highest BCUT2D eigenvalue weighted by Gasteiger charge is 2.14. The Morgan fingerprint density at radius 3 is 2.73 bits per heavy atom. The molecule has 4 heteroatoms. The zero-order valence-corrected chi connectivity index (χ0v) is 7.00. The van der Waals surface area contributed by atoms with Crippen LogP contribution in [0.15, 0.2) is 0 Å². The SMILES string of the molecule is COC(=O)N(C)C(C)CC#N. The lowest BCUT2D eigenvalue weighted by Gasteiger charge is -2.20. The highest BCUT2D eigenvalue weighted by atomic mass is 16.5. The van der Waals surface area contributed by atoms with E-state index in [2.05, 4.69) is 4.74 Å². The first-order chi connectivity index (χ1) is 5.13. The predicted octanol–water partition coefficient (Wildman–Crippen LogP) is 0.987. The standard InChI is InChI=1S/C7H12N2O2/c1-6(4-5-8)9(2)7(10)11-3/h6H,4H2,1-3H3. The average molecular weight is 156 g/mol. The van der Waals surface area contributed by atoms with Crippen molar-refractivity contribution in [2.24, 2.45) is 0 Å². The maximum Gasteiger partial charge on any atom is 0.409 e. The summed E-state index contributed by atoms with van der Waals surface area (Å²) in [5.74, 6) is 0. The molecule has 11 heavy (non-hydrogen) atoms. The van der Waals surface area contributed by atoms with Crippen LogP contribution in [0.4, 0.5) is 4.79 Å². The Labute approximate surface area is 66.4 Å². The summed E-state index contributed by atoms with van der Waals surface area (Å²) in [6.07, 6.45) is -0.0845. The molecule has 0 aliphatic heterocycles. The van der Waals surface area contributed by atoms with Crippen molar-refractivity contribution in [2.75, 3.05) is 14.2 Å². The van der Waals surface area contributed by atoms with Crippen LogP contribution < -0.4 is 0 Å². The van der Waals surface area contributed by atoms with Crippen molar-refractivity contribution < 1.29 is 9.53 Å². The van der Waals surface area contributed by atoms with E-state index in [-0.39, 0.29) is 6.04 Å². The van der Waals surface area contributed by atoms with Gasteiger partial charge in [0.15, 0.2) is 0 Å². The van der Waals surface area contributed by atoms with Gasteiger partial charge in [-0.05, 0) is 6.92 Å². The maximum atomic E-state index is 10.8. The Morgan fingerprint density at radius 2 is 2.36 bits per heavy atom. The first kappa shape index (κ1) is 9.76. The predicted molar refractivity (Wildman–Crippen MR) is 39.9 cm³/mol. The van der Waals surface area contributed by atoms with Gasteiger partial charge in [-0.1, -0.05) is 0 Å². The molecule has 0 radical (unpaired) electrons. The number of amides is 1. The van der Waals surface area contributed by atoms with Crippen molar-refractivity contribution >= 4 is 6.09 Å². The Hall–Kier alpha value is -1.24. The molecule has 1 unspecified atom stereocenters. The fourth-order valence-corrected chi connectivity index (χ4v) is 0.593. The molecule has 0 saturated heterocycles. The topological polar surface area (TPSA) is 53.3 Å². The molecule has 0 aliphatic rings. The molecule has 0 spiro atoms. The van der Waals surface area contributed by atoms with E-state index in [0.717, 1.165) is 0 Å². The molecule has 0 N–H and O–H groups in total. The molecule has 1 amide bonds. The molecule has 0 aromatic heterocycles. The molecular weight excluding hydrogens is 144 g/mol. The summed E-state index contributed by atoms with van der Waals surface area (Å²) in [4.78, 5) is 12.2. The van der Waals surface area contributed by atoms with Crippen LogP contribution in [0.1, 0.15) is 13.3 Å². The van der Waals surface area contributed by atoms with E-state index in [1.807, 2.05) is 6.07 Å². The number of methoxy groups -OCH3 is 1. The van der Waals surface area contributed by atoms with Gasteiger partial charge in [0.25, 0.3) is 0 Å². The second-order valence-electron chi connectivity index (χ2n) is 2.29. The number of nitrogens with zero attached hydrogens (tertiary/aromatic N) is 2. The number of nitriles is 1. The van der Waals surface area contributed by atoms with Crippen molar-refractivity contribution in [3.8, 4) is 6.07 Å². The van der Waals surface area contributed by atoms with Crippen molar-refractivity contribution in [1.29, 1.82) is 5.26 Å². The van der Waals surface area contributed by atoms with Gasteiger partial charge < -0.3 is 9.64 Å². The van der Waals surface area contributed by atoms with Crippen molar-refractivity contribution in [2.45, 2.75) is 19.4 Å². The molecule has 0 aromatic carbocycles. The molecule has 0 fully saturated rings. The summed E-state index contributed by atoms with van der Waals surface area (Å²) in [5.41, 5.74) is 0. The second-order valence-corrected chi connectivity index (χ2v) is 2.29. The van der Waals surface area contributed by atoms with E-state index in [0.29, 0.717) is 6.42 Å². The lowest BCUT2D eigenvalue weighted by molar-refractivity contribution is 0.121. The smallest absolute Gasteiger partial charge is 0.409 e. The van der Waals surface area contributed by atoms with Crippen LogP contribution in [0.5, 0.6) is 0 Å². The van der Waals surface area contributed by atoms with Crippen molar-refractivity contribution in [3.05, 3.63) is 0 Å². The first-order valence-corrected chi connectivity index (χ1v) is 3.31. The van der Waals surface area contributed by atoms with E-state index in [4.69, 9.17) is 5.26 Å². The fraction of sp³-hybridized carbons (Fsp3) is 0.714. The molecule has 0 heterocycles. The molecule has 1 atom stereocenters. The van der Waals surface area contributed by atoms with Gasteiger partial charge in [0.2, 0.25) is 0 Å². The molecule has 0 aliphatic carbocycles. The summed E-state index contributed by atoms with van der Waals surface area (Å²) in [6, 6.07) is 1.89. The molecule has 4 nitrogen and oxygen atoms in total. The van der Waals surface area contributed by atoms with Gasteiger partial charge >= 0.3 is 6.09 Å². The third kappa shape index (κ3) is 2.89. The number of hydrogen-bond donors (Lipinski definition) is 0. The zero-order chi connectivity index (χ0) is 8.85. The molecule has 0 bridgehead atoms. The third-order valence-corrected chi connectivity index (χ3v) is 1.51. The van der Waals surface area contributed by atoms with Gasteiger partial charge in [0, 0.05) is 13.1 Å². The van der Waals surface area contributed by atoms with Gasteiger partial charge in [-0.2, -0.15) is 5.26 Å². The quantitative estimate of drug-likeness (QED) is 0.599. The third-order valence-electron chi connectivity index (χ3n) is 1.51. The lowest BCUT2D eigenvalue weighted by atomic mass is 10.2. The van der Waals surface area contributed by atoms with E-state index in [1.165, 1.54) is 12.0 Å². The summed E-state index contributed by atoms with van der Waals surface area (Å²) < 4.78 is 4.46. The Morgan fingerprint density at radius 1 is 1.82 bits per heavy atom. The Bertz CT molecular complexity index is 174. The summed E-state index contributed by atoms with van der Waals surface area (Å²) in [7, 11) is 2.92. The number of carbonyl (C=O) groups excluding carboxylic acids is 1. The molecule has 0 aromatic rings. The highest BCUT2D eigenvalue weighted by Crippen LogP contribution is 2.00. The Balaban J connectivity index is 3.92. The summed E-state index contributed by atoms with van der Waals surface area (Å²) in [5, 5.41) is 8.31. The van der Waals surface area contributed by atoms with E-state index < -0.39 is 6.09 Å². The van der Waals surface area contributed by atoms with Gasteiger partial charge in [-0.25, -0.2) is 4.79 Å². The van der Waals surface area contributed by atoms with E-state index in [1.54, 1.807) is 14.0 Å². The molecule has 0 rings (SSSR count). The summed E-state index contributed by atoms with van der Waals surface area (Å²) in [6.45, 7) is 1.79. The minimum absolute atomic E-state index is 0.0903. The van der Waals surface area contributed by atoms with Crippen LogP contribution in [0.2, 0.25) is 0 Å². The van der Waals surface area contributed by atoms with E-state index >= 15 is 0 Å². The molecule has 62 valence electrons. The Kier molecular flexibility index (Phi) is 4.04. The average Bonchev–Trinajstić information content (AvgIpc) is 2.02. The van der Waals surface area contributed by atoms with Gasteiger partial charge in [-0.15, -0.1) is 0 Å². The second kappa shape index (κ2) is 4.56. The van der Waals surface area contributed by atoms with Crippen LogP contribution in [-0.2, 0) is 4.74 Å². The van der Waals surface area contributed by atoms with Gasteiger partial charge in [0.05, 0.1) is 19.6 Å². The number of hydrogen-bond acceptors (Lipinski definition) is 3. The minimum atomic E-state index is -0.409. The van der Waals surface area contributed by atoms with Crippen LogP contribution in [0.3, 0.4) is 0 Å². The minimum Gasteiger partial charge on any atom is -0.453 e.